The van der Waals surface area contributed by atoms with Crippen LogP contribution in [0.25, 0.3) is 0 Å². The Kier molecular flexibility index (Phi) is 28.5. The molecule has 0 unspecified atom stereocenters. The van der Waals surface area contributed by atoms with Gasteiger partial charge in [0.15, 0.2) is 0 Å². The zero-order valence-corrected chi connectivity index (χ0v) is 21.8. The van der Waals surface area contributed by atoms with Gasteiger partial charge >= 0.3 is 0 Å². The lowest BCUT2D eigenvalue weighted by Gasteiger charge is -2.24. The van der Waals surface area contributed by atoms with Crippen LogP contribution in [0.3, 0.4) is 0 Å². The van der Waals surface area contributed by atoms with E-state index in [-0.39, 0.29) is 12.4 Å². The Balaban J connectivity index is 0. The third-order valence-corrected chi connectivity index (χ3v) is 6.44. The summed E-state index contributed by atoms with van der Waals surface area (Å²) in [5, 5.41) is 0. The Morgan fingerprint density at radius 2 is 0.724 bits per heavy atom. The molecule has 0 saturated carbocycles. The molecular weight excluding hydrogens is 374 g/mol. The monoisotopic (exact) mass is 431 g/mol. The average Bonchev–Trinajstić information content (AvgIpc) is 2.69. The van der Waals surface area contributed by atoms with E-state index in [1.807, 2.05) is 0 Å². The number of nitrogens with zero attached hydrogens (tertiary/aromatic N) is 1. The lowest BCUT2D eigenvalue weighted by atomic mass is 10.0. The number of hydrogen-bond donors (Lipinski definition) is 0. The third-order valence-electron chi connectivity index (χ3n) is 6.44. The quantitative estimate of drug-likeness (QED) is 0.145. The summed E-state index contributed by atoms with van der Waals surface area (Å²) in [6, 6.07) is 0.713. The van der Waals surface area contributed by atoms with Crippen molar-refractivity contribution in [3.05, 3.63) is 0 Å². The Morgan fingerprint density at radius 1 is 0.448 bits per heavy atom. The molecule has 0 aromatic rings. The molecule has 0 fully saturated rings. The van der Waals surface area contributed by atoms with Gasteiger partial charge in [-0.25, -0.2) is 0 Å². The van der Waals surface area contributed by atoms with Gasteiger partial charge < -0.3 is 4.90 Å². The van der Waals surface area contributed by atoms with E-state index >= 15 is 0 Å². The van der Waals surface area contributed by atoms with Crippen molar-refractivity contribution in [3.63, 3.8) is 0 Å². The molecule has 0 aromatic heterocycles. The van der Waals surface area contributed by atoms with Crippen LogP contribution >= 0.6 is 12.4 Å². The lowest BCUT2D eigenvalue weighted by molar-refractivity contribution is 0.228. The summed E-state index contributed by atoms with van der Waals surface area (Å²) in [7, 11) is 0. The molecule has 2 heteroatoms. The second-order valence-corrected chi connectivity index (χ2v) is 9.44. The summed E-state index contributed by atoms with van der Waals surface area (Å²) in [6.45, 7) is 11.7. The van der Waals surface area contributed by atoms with Crippen LogP contribution < -0.4 is 0 Å². The molecule has 0 saturated heterocycles. The third kappa shape index (κ3) is 24.4. The number of rotatable bonds is 23. The highest BCUT2D eigenvalue weighted by atomic mass is 35.5. The van der Waals surface area contributed by atoms with Crippen molar-refractivity contribution in [2.75, 3.05) is 13.1 Å². The smallest absolute Gasteiger partial charge is 0.00384 e. The van der Waals surface area contributed by atoms with Crippen molar-refractivity contribution >= 4 is 12.4 Å². The zero-order chi connectivity index (χ0) is 20.7. The summed E-state index contributed by atoms with van der Waals surface area (Å²) < 4.78 is 0. The second-order valence-electron chi connectivity index (χ2n) is 9.44. The molecule has 0 aliphatic heterocycles. The van der Waals surface area contributed by atoms with Gasteiger partial charge in [0.25, 0.3) is 0 Å². The van der Waals surface area contributed by atoms with Gasteiger partial charge in [0.05, 0.1) is 0 Å². The van der Waals surface area contributed by atoms with Gasteiger partial charge in [-0.05, 0) is 33.4 Å². The first-order valence-electron chi connectivity index (χ1n) is 13.5. The predicted octanol–water partition coefficient (Wildman–Crippen LogP) is 9.96. The maximum Gasteiger partial charge on any atom is 0.00384 e. The molecule has 0 radical (unpaired) electrons. The van der Waals surface area contributed by atoms with Crippen LogP contribution in [-0.2, 0) is 0 Å². The van der Waals surface area contributed by atoms with Crippen molar-refractivity contribution in [2.45, 2.75) is 162 Å². The maximum absolute atomic E-state index is 2.59. The Labute approximate surface area is 192 Å². The van der Waals surface area contributed by atoms with Crippen LogP contribution in [0.15, 0.2) is 0 Å². The second kappa shape index (κ2) is 26.3. The Morgan fingerprint density at radius 3 is 0.966 bits per heavy atom. The summed E-state index contributed by atoms with van der Waals surface area (Å²) in [6.07, 6.45) is 29.3. The first kappa shape index (κ1) is 31.4. The van der Waals surface area contributed by atoms with E-state index in [9.17, 15) is 0 Å². The fourth-order valence-electron chi connectivity index (χ4n) is 4.35. The van der Waals surface area contributed by atoms with Gasteiger partial charge in [0.2, 0.25) is 0 Å². The first-order chi connectivity index (χ1) is 13.7. The number of halogens is 1. The maximum atomic E-state index is 2.59. The van der Waals surface area contributed by atoms with Crippen molar-refractivity contribution in [2.24, 2.45) is 0 Å². The van der Waals surface area contributed by atoms with E-state index in [0.717, 1.165) is 0 Å². The molecule has 29 heavy (non-hydrogen) atoms. The molecule has 0 spiro atoms. The Bertz CT molecular complexity index is 280. The standard InChI is InChI=1S/C27H57N.ClH/c1-5-7-8-9-10-11-12-13-14-15-16-17-18-19-20-21-22-23-24-25-26-28(6-2)27(3)4;/h27H,5-26H2,1-4H3;1H. The molecule has 0 heterocycles. The Hall–Kier alpha value is 0.250. The summed E-state index contributed by atoms with van der Waals surface area (Å²) in [5.41, 5.74) is 0. The van der Waals surface area contributed by atoms with Crippen LogP contribution in [0.4, 0.5) is 0 Å². The van der Waals surface area contributed by atoms with Crippen molar-refractivity contribution in [1.29, 1.82) is 0 Å². The van der Waals surface area contributed by atoms with E-state index < -0.39 is 0 Å². The largest absolute Gasteiger partial charge is 0.301 e. The normalized spacial score (nSPS) is 11.4. The molecule has 0 amide bonds. The van der Waals surface area contributed by atoms with Gasteiger partial charge in [-0.3, -0.25) is 0 Å². The van der Waals surface area contributed by atoms with E-state index in [4.69, 9.17) is 0 Å². The van der Waals surface area contributed by atoms with Gasteiger partial charge in [0.1, 0.15) is 0 Å². The fourth-order valence-corrected chi connectivity index (χ4v) is 4.35. The zero-order valence-electron chi connectivity index (χ0n) is 21.0. The number of unbranched alkanes of at least 4 members (excludes halogenated alkanes) is 19. The highest BCUT2D eigenvalue weighted by Gasteiger charge is 2.05. The van der Waals surface area contributed by atoms with Crippen LogP contribution in [0.1, 0.15) is 156 Å². The molecule has 0 aliphatic carbocycles. The molecular formula is C27H58ClN. The first-order valence-corrected chi connectivity index (χ1v) is 13.5. The predicted molar refractivity (Wildman–Crippen MR) is 138 cm³/mol. The van der Waals surface area contributed by atoms with Crippen molar-refractivity contribution in [1.82, 2.24) is 4.90 Å². The molecule has 178 valence electrons. The summed E-state index contributed by atoms with van der Waals surface area (Å²) >= 11 is 0. The minimum absolute atomic E-state index is 0. The highest BCUT2D eigenvalue weighted by Crippen LogP contribution is 2.15. The minimum Gasteiger partial charge on any atom is -0.301 e. The molecule has 0 N–H and O–H groups in total. The average molecular weight is 432 g/mol. The van der Waals surface area contributed by atoms with Gasteiger partial charge in [-0.1, -0.05) is 136 Å². The van der Waals surface area contributed by atoms with Crippen LogP contribution in [0.5, 0.6) is 0 Å². The molecule has 1 nitrogen and oxygen atoms in total. The molecule has 0 bridgehead atoms. The molecule has 0 aromatic carbocycles. The highest BCUT2D eigenvalue weighted by molar-refractivity contribution is 5.85. The van der Waals surface area contributed by atoms with E-state index in [2.05, 4.69) is 32.6 Å². The van der Waals surface area contributed by atoms with Crippen LogP contribution in [-0.4, -0.2) is 24.0 Å². The molecule has 0 atom stereocenters. The minimum atomic E-state index is 0. The van der Waals surface area contributed by atoms with E-state index in [0.29, 0.717) is 6.04 Å². The van der Waals surface area contributed by atoms with Crippen LogP contribution in [0.2, 0.25) is 0 Å². The fraction of sp³-hybridized carbons (Fsp3) is 1.00. The lowest BCUT2D eigenvalue weighted by Crippen LogP contribution is -2.31. The molecule has 0 aliphatic rings. The van der Waals surface area contributed by atoms with E-state index in [1.54, 1.807) is 0 Å². The van der Waals surface area contributed by atoms with Gasteiger partial charge in [0, 0.05) is 6.04 Å². The topological polar surface area (TPSA) is 3.24 Å². The van der Waals surface area contributed by atoms with Crippen molar-refractivity contribution < 1.29 is 0 Å². The summed E-state index contributed by atoms with van der Waals surface area (Å²) in [5.74, 6) is 0. The number of hydrogen-bond acceptors (Lipinski definition) is 1. The SMILES string of the molecule is CCCCCCCCCCCCCCCCCCCCCCN(CC)C(C)C.Cl. The van der Waals surface area contributed by atoms with Crippen molar-refractivity contribution in [3.8, 4) is 0 Å². The van der Waals surface area contributed by atoms with E-state index in [1.165, 1.54) is 142 Å². The summed E-state index contributed by atoms with van der Waals surface area (Å²) in [4.78, 5) is 2.59. The van der Waals surface area contributed by atoms with Gasteiger partial charge in [-0.15, -0.1) is 12.4 Å². The van der Waals surface area contributed by atoms with Gasteiger partial charge in [-0.2, -0.15) is 0 Å². The van der Waals surface area contributed by atoms with Crippen LogP contribution in [0, 0.1) is 0 Å². The molecule has 0 rings (SSSR count).